The summed E-state index contributed by atoms with van der Waals surface area (Å²) in [5, 5.41) is 5.26. The van der Waals surface area contributed by atoms with E-state index in [0.717, 1.165) is 5.69 Å². The average Bonchev–Trinajstić information content (AvgIpc) is 2.45. The van der Waals surface area contributed by atoms with E-state index in [1.165, 1.54) is 0 Å². The Bertz CT molecular complexity index is 519. The summed E-state index contributed by atoms with van der Waals surface area (Å²) < 4.78 is 38.2. The van der Waals surface area contributed by atoms with Gasteiger partial charge in [0.1, 0.15) is 0 Å². The fraction of sp³-hybridized carbons (Fsp3) is 0.600. The van der Waals surface area contributed by atoms with E-state index >= 15 is 0 Å². The van der Waals surface area contributed by atoms with E-state index in [1.54, 1.807) is 6.07 Å². The second kappa shape index (κ2) is 6.98. The maximum atomic E-state index is 12.7. The highest BCUT2D eigenvalue weighted by Crippen LogP contribution is 2.37. The third kappa shape index (κ3) is 4.89. The smallest absolute Gasteiger partial charge is 0.335 e. The molecule has 0 radical (unpaired) electrons. The summed E-state index contributed by atoms with van der Waals surface area (Å²) in [5.74, 6) is -1.31. The number of nitrogens with one attached hydrogen (secondary N) is 2. The lowest BCUT2D eigenvalue weighted by molar-refractivity contribution is -0.183. The van der Waals surface area contributed by atoms with Crippen LogP contribution in [0.1, 0.15) is 37.1 Å². The summed E-state index contributed by atoms with van der Waals surface area (Å²) in [5.41, 5.74) is 1.56. The van der Waals surface area contributed by atoms with E-state index in [-0.39, 0.29) is 19.4 Å². The zero-order valence-electron chi connectivity index (χ0n) is 12.4. The Labute approximate surface area is 127 Å². The molecule has 1 aliphatic rings. The number of amides is 2. The minimum Gasteiger partial charge on any atom is -0.335 e. The summed E-state index contributed by atoms with van der Waals surface area (Å²) in [6.45, 7) is 2.10. The molecule has 22 heavy (non-hydrogen) atoms. The Kier molecular flexibility index (Phi) is 5.26. The van der Waals surface area contributed by atoms with E-state index in [0.29, 0.717) is 18.5 Å². The molecule has 2 rings (SSSR count). The topological polar surface area (TPSA) is 54.0 Å². The highest BCUT2D eigenvalue weighted by Gasteiger charge is 2.42. The number of rotatable bonds is 3. The number of carbonyl (C=O) groups is 1. The minimum absolute atomic E-state index is 0.0420. The van der Waals surface area contributed by atoms with E-state index in [9.17, 15) is 18.0 Å². The standard InChI is InChI=1S/C15H20F3N3O/c1-10-4-2-7-13(20-10)9-19-14(22)21-12-6-3-5-11(8-12)15(16,17)18/h2,4,7,11-12H,3,5-6,8-9H2,1H3,(H2,19,21,22). The van der Waals surface area contributed by atoms with Gasteiger partial charge in [0.25, 0.3) is 0 Å². The molecule has 1 fully saturated rings. The first kappa shape index (κ1) is 16.6. The number of halogens is 3. The molecule has 0 spiro atoms. The molecular weight excluding hydrogens is 295 g/mol. The van der Waals surface area contributed by atoms with Gasteiger partial charge in [0.2, 0.25) is 0 Å². The number of nitrogens with zero attached hydrogens (tertiary/aromatic N) is 1. The summed E-state index contributed by atoms with van der Waals surface area (Å²) in [7, 11) is 0. The fourth-order valence-corrected chi connectivity index (χ4v) is 2.72. The molecule has 2 N–H and O–H groups in total. The van der Waals surface area contributed by atoms with Crippen LogP contribution in [0.4, 0.5) is 18.0 Å². The Morgan fingerprint density at radius 2 is 2.14 bits per heavy atom. The summed E-state index contributed by atoms with van der Waals surface area (Å²) in [6, 6.07) is 4.60. The number of hydrogen-bond acceptors (Lipinski definition) is 2. The Morgan fingerprint density at radius 3 is 2.82 bits per heavy atom. The molecule has 1 heterocycles. The van der Waals surface area contributed by atoms with Crippen LogP contribution in [0.25, 0.3) is 0 Å². The zero-order chi connectivity index (χ0) is 16.2. The fourth-order valence-electron chi connectivity index (χ4n) is 2.72. The quantitative estimate of drug-likeness (QED) is 0.899. The van der Waals surface area contributed by atoms with Crippen LogP contribution in [-0.2, 0) is 6.54 Å². The van der Waals surface area contributed by atoms with Gasteiger partial charge in [-0.15, -0.1) is 0 Å². The molecule has 1 saturated carbocycles. The van der Waals surface area contributed by atoms with Gasteiger partial charge < -0.3 is 10.6 Å². The van der Waals surface area contributed by atoms with Crippen LogP contribution in [0.2, 0.25) is 0 Å². The first-order chi connectivity index (χ1) is 10.3. The highest BCUT2D eigenvalue weighted by molar-refractivity contribution is 5.74. The molecule has 7 heteroatoms. The van der Waals surface area contributed by atoms with Crippen molar-refractivity contribution in [2.75, 3.05) is 0 Å². The lowest BCUT2D eigenvalue weighted by Crippen LogP contribution is -2.45. The molecule has 1 aromatic rings. The predicted molar refractivity (Wildman–Crippen MR) is 76.1 cm³/mol. The maximum absolute atomic E-state index is 12.7. The number of carbonyl (C=O) groups excluding carboxylic acids is 1. The van der Waals surface area contributed by atoms with Gasteiger partial charge in [-0.2, -0.15) is 13.2 Å². The number of alkyl halides is 3. The van der Waals surface area contributed by atoms with E-state index < -0.39 is 24.2 Å². The van der Waals surface area contributed by atoms with Crippen molar-refractivity contribution in [3.8, 4) is 0 Å². The van der Waals surface area contributed by atoms with Gasteiger partial charge in [0.05, 0.1) is 18.2 Å². The van der Waals surface area contributed by atoms with Gasteiger partial charge in [0.15, 0.2) is 0 Å². The van der Waals surface area contributed by atoms with Gasteiger partial charge in [-0.1, -0.05) is 12.5 Å². The molecule has 1 aromatic heterocycles. The molecule has 0 aromatic carbocycles. The Hall–Kier alpha value is -1.79. The normalized spacial score (nSPS) is 22.2. The van der Waals surface area contributed by atoms with Gasteiger partial charge in [-0.25, -0.2) is 4.79 Å². The van der Waals surface area contributed by atoms with Crippen molar-refractivity contribution in [3.05, 3.63) is 29.6 Å². The van der Waals surface area contributed by atoms with Crippen molar-refractivity contribution in [2.45, 2.75) is 51.4 Å². The van der Waals surface area contributed by atoms with Crippen LogP contribution < -0.4 is 10.6 Å². The molecule has 2 atom stereocenters. The van der Waals surface area contributed by atoms with Crippen molar-refractivity contribution in [1.29, 1.82) is 0 Å². The van der Waals surface area contributed by atoms with Crippen LogP contribution in [0.5, 0.6) is 0 Å². The zero-order valence-corrected chi connectivity index (χ0v) is 12.4. The lowest BCUT2D eigenvalue weighted by Gasteiger charge is -2.31. The second-order valence-corrected chi connectivity index (χ2v) is 5.70. The highest BCUT2D eigenvalue weighted by atomic mass is 19.4. The van der Waals surface area contributed by atoms with Crippen molar-refractivity contribution >= 4 is 6.03 Å². The molecule has 0 saturated heterocycles. The first-order valence-corrected chi connectivity index (χ1v) is 7.38. The molecule has 0 aliphatic heterocycles. The summed E-state index contributed by atoms with van der Waals surface area (Å²) in [4.78, 5) is 16.0. The number of aromatic nitrogens is 1. The van der Waals surface area contributed by atoms with E-state index in [2.05, 4.69) is 15.6 Å². The molecule has 4 nitrogen and oxygen atoms in total. The third-order valence-corrected chi connectivity index (χ3v) is 3.85. The first-order valence-electron chi connectivity index (χ1n) is 7.38. The monoisotopic (exact) mass is 315 g/mol. The van der Waals surface area contributed by atoms with Crippen LogP contribution >= 0.6 is 0 Å². The summed E-state index contributed by atoms with van der Waals surface area (Å²) >= 11 is 0. The molecule has 2 unspecified atom stereocenters. The average molecular weight is 315 g/mol. The minimum atomic E-state index is -4.18. The molecule has 122 valence electrons. The van der Waals surface area contributed by atoms with Gasteiger partial charge >= 0.3 is 12.2 Å². The maximum Gasteiger partial charge on any atom is 0.391 e. The van der Waals surface area contributed by atoms with E-state index in [4.69, 9.17) is 0 Å². The SMILES string of the molecule is Cc1cccc(CNC(=O)NC2CCCC(C(F)(F)F)C2)n1. The van der Waals surface area contributed by atoms with Crippen LogP contribution in [-0.4, -0.2) is 23.2 Å². The number of pyridine rings is 1. The molecule has 0 bridgehead atoms. The Morgan fingerprint density at radius 1 is 1.36 bits per heavy atom. The van der Waals surface area contributed by atoms with Crippen LogP contribution in [0.3, 0.4) is 0 Å². The van der Waals surface area contributed by atoms with Gasteiger partial charge in [0, 0.05) is 11.7 Å². The van der Waals surface area contributed by atoms with Crippen LogP contribution in [0.15, 0.2) is 18.2 Å². The molecule has 2 amide bonds. The Balaban J connectivity index is 1.79. The van der Waals surface area contributed by atoms with Crippen molar-refractivity contribution < 1.29 is 18.0 Å². The molecular formula is C15H20F3N3O. The van der Waals surface area contributed by atoms with Crippen molar-refractivity contribution in [1.82, 2.24) is 15.6 Å². The molecule has 1 aliphatic carbocycles. The van der Waals surface area contributed by atoms with Gasteiger partial charge in [-0.3, -0.25) is 4.98 Å². The van der Waals surface area contributed by atoms with Gasteiger partial charge in [-0.05, 0) is 38.3 Å². The third-order valence-electron chi connectivity index (χ3n) is 3.85. The second-order valence-electron chi connectivity index (χ2n) is 5.70. The largest absolute Gasteiger partial charge is 0.391 e. The lowest BCUT2D eigenvalue weighted by atomic mass is 9.85. The summed E-state index contributed by atoms with van der Waals surface area (Å²) in [6.07, 6.45) is -3.00. The van der Waals surface area contributed by atoms with Crippen LogP contribution in [0, 0.1) is 12.8 Å². The predicted octanol–water partition coefficient (Wildman–Crippen LogP) is 3.31. The number of urea groups is 1. The number of hydrogen-bond donors (Lipinski definition) is 2. The van der Waals surface area contributed by atoms with Crippen molar-refractivity contribution in [3.63, 3.8) is 0 Å². The number of aryl methyl sites for hydroxylation is 1. The van der Waals surface area contributed by atoms with E-state index in [1.807, 2.05) is 19.1 Å². The van der Waals surface area contributed by atoms with Crippen molar-refractivity contribution in [2.24, 2.45) is 5.92 Å².